The van der Waals surface area contributed by atoms with E-state index in [4.69, 9.17) is 10.5 Å². The van der Waals surface area contributed by atoms with Crippen LogP contribution in [0.2, 0.25) is 0 Å². The Morgan fingerprint density at radius 2 is 2.05 bits per heavy atom. The standard InChI is InChI=1S/C16H22N2O/c1-11(2)5-4-8-19-16-7-6-15(17)14-10-18-12(3)9-13(14)16/h6-7,9-11H,4-5,8,17H2,1-3H3. The number of nitrogens with zero attached hydrogens (tertiary/aromatic N) is 1. The number of aromatic nitrogens is 1. The Balaban J connectivity index is 2.18. The van der Waals surface area contributed by atoms with E-state index in [1.165, 1.54) is 6.42 Å². The Morgan fingerprint density at radius 3 is 2.79 bits per heavy atom. The zero-order valence-electron chi connectivity index (χ0n) is 11.9. The zero-order valence-corrected chi connectivity index (χ0v) is 11.9. The largest absolute Gasteiger partial charge is 0.493 e. The minimum atomic E-state index is 0.721. The number of aryl methyl sites for hydroxylation is 1. The van der Waals surface area contributed by atoms with Crippen molar-refractivity contribution in [1.29, 1.82) is 0 Å². The summed E-state index contributed by atoms with van der Waals surface area (Å²) in [5, 5.41) is 2.02. The summed E-state index contributed by atoms with van der Waals surface area (Å²) in [4.78, 5) is 4.29. The van der Waals surface area contributed by atoms with Crippen LogP contribution < -0.4 is 10.5 Å². The van der Waals surface area contributed by atoms with Crippen LogP contribution in [0, 0.1) is 12.8 Å². The fourth-order valence-electron chi connectivity index (χ4n) is 2.14. The number of hydrogen-bond donors (Lipinski definition) is 1. The molecule has 2 rings (SSSR count). The summed E-state index contributed by atoms with van der Waals surface area (Å²) in [6.07, 6.45) is 4.09. The second kappa shape index (κ2) is 5.91. The number of nitrogens with two attached hydrogens (primary N) is 1. The smallest absolute Gasteiger partial charge is 0.127 e. The molecule has 0 saturated heterocycles. The Hall–Kier alpha value is -1.77. The molecule has 3 nitrogen and oxygen atoms in total. The van der Waals surface area contributed by atoms with E-state index >= 15 is 0 Å². The van der Waals surface area contributed by atoms with Gasteiger partial charge in [-0.25, -0.2) is 0 Å². The lowest BCUT2D eigenvalue weighted by Gasteiger charge is -2.12. The highest BCUT2D eigenvalue weighted by Gasteiger charge is 2.06. The molecule has 19 heavy (non-hydrogen) atoms. The zero-order chi connectivity index (χ0) is 13.8. The van der Waals surface area contributed by atoms with Gasteiger partial charge in [0.05, 0.1) is 6.61 Å². The monoisotopic (exact) mass is 258 g/mol. The van der Waals surface area contributed by atoms with E-state index in [-0.39, 0.29) is 0 Å². The van der Waals surface area contributed by atoms with E-state index in [9.17, 15) is 0 Å². The molecule has 0 saturated carbocycles. The van der Waals surface area contributed by atoms with Gasteiger partial charge in [-0.15, -0.1) is 0 Å². The SMILES string of the molecule is Cc1cc2c(OCCCC(C)C)ccc(N)c2cn1. The number of benzene rings is 1. The van der Waals surface area contributed by atoms with Gasteiger partial charge in [-0.2, -0.15) is 0 Å². The minimum Gasteiger partial charge on any atom is -0.493 e. The lowest BCUT2D eigenvalue weighted by molar-refractivity contribution is 0.301. The third kappa shape index (κ3) is 3.37. The van der Waals surface area contributed by atoms with E-state index in [1.807, 2.05) is 31.3 Å². The molecule has 2 N–H and O–H groups in total. The molecule has 0 bridgehead atoms. The predicted molar refractivity (Wildman–Crippen MR) is 80.5 cm³/mol. The van der Waals surface area contributed by atoms with Gasteiger partial charge in [-0.3, -0.25) is 4.98 Å². The van der Waals surface area contributed by atoms with Crippen molar-refractivity contribution in [2.75, 3.05) is 12.3 Å². The molecule has 1 aromatic heterocycles. The fourth-order valence-corrected chi connectivity index (χ4v) is 2.14. The second-order valence-corrected chi connectivity index (χ2v) is 5.41. The first-order valence-electron chi connectivity index (χ1n) is 6.85. The van der Waals surface area contributed by atoms with Crippen molar-refractivity contribution in [3.05, 3.63) is 30.1 Å². The first kappa shape index (κ1) is 13.7. The molecule has 0 aliphatic carbocycles. The summed E-state index contributed by atoms with van der Waals surface area (Å²) < 4.78 is 5.90. The van der Waals surface area contributed by atoms with Crippen molar-refractivity contribution in [3.63, 3.8) is 0 Å². The maximum atomic E-state index is 5.97. The molecule has 0 fully saturated rings. The average molecular weight is 258 g/mol. The lowest BCUT2D eigenvalue weighted by atomic mass is 10.1. The van der Waals surface area contributed by atoms with Crippen LogP contribution in [-0.2, 0) is 0 Å². The quantitative estimate of drug-likeness (QED) is 0.652. The van der Waals surface area contributed by atoms with Crippen molar-refractivity contribution in [2.24, 2.45) is 5.92 Å². The number of pyridine rings is 1. The molecule has 0 unspecified atom stereocenters. The summed E-state index contributed by atoms with van der Waals surface area (Å²) in [5.74, 6) is 1.62. The van der Waals surface area contributed by atoms with Crippen molar-refractivity contribution in [3.8, 4) is 5.75 Å². The molecule has 0 aliphatic rings. The summed E-state index contributed by atoms with van der Waals surface area (Å²) >= 11 is 0. The molecule has 0 amide bonds. The lowest BCUT2D eigenvalue weighted by Crippen LogP contribution is -2.01. The van der Waals surface area contributed by atoms with Crippen LogP contribution in [0.15, 0.2) is 24.4 Å². The number of ether oxygens (including phenoxy) is 1. The van der Waals surface area contributed by atoms with Gasteiger partial charge in [0.15, 0.2) is 0 Å². The van der Waals surface area contributed by atoms with Crippen LogP contribution in [0.1, 0.15) is 32.4 Å². The van der Waals surface area contributed by atoms with Crippen molar-refractivity contribution < 1.29 is 4.74 Å². The van der Waals surface area contributed by atoms with Gasteiger partial charge < -0.3 is 10.5 Å². The highest BCUT2D eigenvalue weighted by molar-refractivity contribution is 5.96. The normalized spacial score (nSPS) is 11.2. The molecule has 0 atom stereocenters. The molecule has 2 aromatic rings. The van der Waals surface area contributed by atoms with E-state index in [1.54, 1.807) is 0 Å². The number of nitrogen functional groups attached to an aromatic ring is 1. The second-order valence-electron chi connectivity index (χ2n) is 5.41. The average Bonchev–Trinajstić information content (AvgIpc) is 2.36. The highest BCUT2D eigenvalue weighted by Crippen LogP contribution is 2.30. The highest BCUT2D eigenvalue weighted by atomic mass is 16.5. The van der Waals surface area contributed by atoms with Gasteiger partial charge in [-0.05, 0) is 43.9 Å². The van der Waals surface area contributed by atoms with Gasteiger partial charge >= 0.3 is 0 Å². The predicted octanol–water partition coefficient (Wildman–Crippen LogP) is 3.94. The number of anilines is 1. The topological polar surface area (TPSA) is 48.1 Å². The first-order valence-corrected chi connectivity index (χ1v) is 6.85. The van der Waals surface area contributed by atoms with Crippen LogP contribution in [0.3, 0.4) is 0 Å². The molecule has 3 heteroatoms. The molecule has 0 aliphatic heterocycles. The summed E-state index contributed by atoms with van der Waals surface area (Å²) in [6, 6.07) is 5.87. The van der Waals surface area contributed by atoms with Crippen molar-refractivity contribution in [1.82, 2.24) is 4.98 Å². The Morgan fingerprint density at radius 1 is 1.26 bits per heavy atom. The van der Waals surface area contributed by atoms with Crippen LogP contribution in [0.4, 0.5) is 5.69 Å². The molecule has 1 aromatic carbocycles. The molecule has 0 spiro atoms. The number of fused-ring (bicyclic) bond motifs is 1. The van der Waals surface area contributed by atoms with Crippen molar-refractivity contribution >= 4 is 16.5 Å². The molecular formula is C16H22N2O. The van der Waals surface area contributed by atoms with E-state index in [0.717, 1.165) is 46.8 Å². The third-order valence-electron chi connectivity index (χ3n) is 3.21. The van der Waals surface area contributed by atoms with Crippen LogP contribution in [0.25, 0.3) is 10.8 Å². The third-order valence-corrected chi connectivity index (χ3v) is 3.21. The maximum Gasteiger partial charge on any atom is 0.127 e. The van der Waals surface area contributed by atoms with Crippen LogP contribution in [0.5, 0.6) is 5.75 Å². The van der Waals surface area contributed by atoms with Crippen LogP contribution >= 0.6 is 0 Å². The molecule has 102 valence electrons. The van der Waals surface area contributed by atoms with E-state index in [0.29, 0.717) is 0 Å². The number of hydrogen-bond acceptors (Lipinski definition) is 3. The Kier molecular flexibility index (Phi) is 4.25. The molecule has 0 radical (unpaired) electrons. The van der Waals surface area contributed by atoms with Crippen molar-refractivity contribution in [2.45, 2.75) is 33.6 Å². The number of rotatable bonds is 5. The van der Waals surface area contributed by atoms with E-state index in [2.05, 4.69) is 18.8 Å². The minimum absolute atomic E-state index is 0.721. The van der Waals surface area contributed by atoms with Gasteiger partial charge in [0.2, 0.25) is 0 Å². The Bertz CT molecular complexity index is 564. The van der Waals surface area contributed by atoms with Gasteiger partial charge in [0.1, 0.15) is 5.75 Å². The van der Waals surface area contributed by atoms with Crippen LogP contribution in [-0.4, -0.2) is 11.6 Å². The summed E-state index contributed by atoms with van der Waals surface area (Å²) in [6.45, 7) is 7.19. The maximum absolute atomic E-state index is 5.97. The summed E-state index contributed by atoms with van der Waals surface area (Å²) in [5.41, 5.74) is 7.70. The van der Waals surface area contributed by atoms with Gasteiger partial charge in [0, 0.05) is 28.4 Å². The molecule has 1 heterocycles. The summed E-state index contributed by atoms with van der Waals surface area (Å²) in [7, 11) is 0. The van der Waals surface area contributed by atoms with Gasteiger partial charge in [-0.1, -0.05) is 13.8 Å². The van der Waals surface area contributed by atoms with E-state index < -0.39 is 0 Å². The first-order chi connectivity index (χ1) is 9.08. The van der Waals surface area contributed by atoms with Gasteiger partial charge in [0.25, 0.3) is 0 Å². The Labute approximate surface area is 114 Å². The molecular weight excluding hydrogens is 236 g/mol. The fraction of sp³-hybridized carbons (Fsp3) is 0.438.